The number of hydrogen-bond donors (Lipinski definition) is 4. The van der Waals surface area contributed by atoms with Crippen LogP contribution in [0.25, 0.3) is 0 Å². The van der Waals surface area contributed by atoms with Gasteiger partial charge in [0, 0.05) is 33.5 Å². The molecule has 0 saturated heterocycles. The zero-order chi connectivity index (χ0) is 43.9. The lowest BCUT2D eigenvalue weighted by molar-refractivity contribution is -0.176. The van der Waals surface area contributed by atoms with Crippen molar-refractivity contribution in [2.24, 2.45) is 0 Å². The summed E-state index contributed by atoms with van der Waals surface area (Å²) < 4.78 is 28.8. The Morgan fingerprint density at radius 1 is 0.274 bits per heavy atom. The van der Waals surface area contributed by atoms with Crippen LogP contribution in [-0.2, 0) is 9.13 Å². The fourth-order valence-corrected chi connectivity index (χ4v) is 19.1. The fraction of sp³-hybridized carbons (Fsp3) is 0.0769. The van der Waals surface area contributed by atoms with E-state index in [-0.39, 0.29) is 15.8 Å². The van der Waals surface area contributed by atoms with Crippen molar-refractivity contribution in [1.29, 1.82) is 0 Å². The molecule has 8 aromatic carbocycles. The summed E-state index contributed by atoms with van der Waals surface area (Å²) in [5.74, 6) is 0. The average molecular weight is 897 g/mol. The van der Waals surface area contributed by atoms with Crippen LogP contribution in [-0.4, -0.2) is 45.7 Å². The van der Waals surface area contributed by atoms with E-state index < -0.39 is 14.3 Å². The Bertz CT molecular complexity index is 2160. The minimum absolute atomic E-state index is 0.348. The Morgan fingerprint density at radius 2 is 0.435 bits per heavy atom. The van der Waals surface area contributed by atoms with Crippen LogP contribution >= 0.6 is 30.1 Å². The smallest absolute Gasteiger partial charge is 0.143 e. The fourth-order valence-electron chi connectivity index (χ4n) is 7.22. The predicted octanol–water partition coefficient (Wildman–Crippen LogP) is 10.3. The van der Waals surface area contributed by atoms with E-state index in [1.807, 2.05) is 121 Å². The van der Waals surface area contributed by atoms with Gasteiger partial charge in [-0.1, -0.05) is 243 Å². The minimum Gasteiger partial charge on any atom is -0.314 e. The van der Waals surface area contributed by atoms with E-state index in [2.05, 4.69) is 121 Å². The van der Waals surface area contributed by atoms with Crippen LogP contribution in [0, 0.1) is 0 Å². The zero-order valence-corrected chi connectivity index (χ0v) is 37.9. The maximum Gasteiger partial charge on any atom is 0.143 e. The van der Waals surface area contributed by atoms with Crippen molar-refractivity contribution in [2.75, 3.05) is 24.6 Å². The third-order valence-corrected chi connectivity index (χ3v) is 22.2. The van der Waals surface area contributed by atoms with Crippen LogP contribution in [0.3, 0.4) is 0 Å². The molecule has 316 valence electrons. The molecule has 0 bridgehead atoms. The molecule has 0 amide bonds. The standard InChI is InChI=1S/C26H24O2P2.C26H24P2.2H2O2/c27-29(23-13-5-1-6-14-23,24-15-7-2-8-16-24)21-22-30(28,25-17-9-3-10-18-25)26-19-11-4-12-20-26;1-5-13-23(14-6-1)27(24-15-7-2-8-16-24)21-22-28(25-17-9-3-10-18-25)26-19-11-4-12-20-26;2*1-2/h1-20H,21-22H2;1-20H,21-22H2;2*1-2H. The Labute approximate surface area is 368 Å². The Balaban J connectivity index is 0.000000217. The van der Waals surface area contributed by atoms with Crippen molar-refractivity contribution in [1.82, 2.24) is 0 Å². The van der Waals surface area contributed by atoms with Crippen LogP contribution in [0.5, 0.6) is 0 Å². The quantitative estimate of drug-likeness (QED) is 0.0491. The number of hydrogen-bond acceptors (Lipinski definition) is 6. The van der Waals surface area contributed by atoms with Gasteiger partial charge in [-0.25, -0.2) is 0 Å². The summed E-state index contributed by atoms with van der Waals surface area (Å²) in [5, 5.41) is 33.1. The lowest BCUT2D eigenvalue weighted by Crippen LogP contribution is -2.24. The van der Waals surface area contributed by atoms with Gasteiger partial charge in [0.15, 0.2) is 0 Å². The van der Waals surface area contributed by atoms with Crippen molar-refractivity contribution < 1.29 is 30.2 Å². The van der Waals surface area contributed by atoms with E-state index in [4.69, 9.17) is 21.0 Å². The maximum absolute atomic E-state index is 14.4. The number of rotatable bonds is 14. The molecular weight excluding hydrogens is 844 g/mol. The second-order valence-corrected chi connectivity index (χ2v) is 24.5. The van der Waals surface area contributed by atoms with Crippen LogP contribution in [0.2, 0.25) is 0 Å². The maximum atomic E-state index is 14.4. The molecule has 6 nitrogen and oxygen atoms in total. The highest BCUT2D eigenvalue weighted by Gasteiger charge is 2.34. The van der Waals surface area contributed by atoms with Gasteiger partial charge in [-0.2, -0.15) is 0 Å². The summed E-state index contributed by atoms with van der Waals surface area (Å²) in [6.07, 6.45) is 3.11. The summed E-state index contributed by atoms with van der Waals surface area (Å²) in [6, 6.07) is 82.6. The van der Waals surface area contributed by atoms with E-state index in [1.165, 1.54) is 33.5 Å². The molecule has 0 aliphatic heterocycles. The largest absolute Gasteiger partial charge is 0.314 e. The summed E-state index contributed by atoms with van der Waals surface area (Å²) in [5.41, 5.74) is 0. The molecule has 10 heteroatoms. The van der Waals surface area contributed by atoms with Gasteiger partial charge in [0.2, 0.25) is 0 Å². The highest BCUT2D eigenvalue weighted by molar-refractivity contribution is 7.82. The van der Waals surface area contributed by atoms with Crippen molar-refractivity contribution >= 4 is 72.6 Å². The van der Waals surface area contributed by atoms with Gasteiger partial charge in [-0.05, 0) is 49.4 Å². The highest BCUT2D eigenvalue weighted by atomic mass is 31.2. The van der Waals surface area contributed by atoms with Gasteiger partial charge < -0.3 is 9.13 Å². The molecular formula is C52H52O6P4. The SMILES string of the molecule is O=P(CCP(=O)(c1ccccc1)c1ccccc1)(c1ccccc1)c1ccccc1.OO.OO.c1ccc(P(CCP(c2ccccc2)c2ccccc2)c2ccccc2)cc1. The van der Waals surface area contributed by atoms with Gasteiger partial charge in [-0.15, -0.1) is 0 Å². The second kappa shape index (κ2) is 25.8. The lowest BCUT2D eigenvalue weighted by Gasteiger charge is -2.24. The third-order valence-electron chi connectivity index (χ3n) is 10.2. The van der Waals surface area contributed by atoms with Gasteiger partial charge in [0.25, 0.3) is 0 Å². The molecule has 0 atom stereocenters. The molecule has 62 heavy (non-hydrogen) atoms. The topological polar surface area (TPSA) is 115 Å². The first-order valence-corrected chi connectivity index (χ1v) is 26.9. The molecule has 4 N–H and O–H groups in total. The van der Waals surface area contributed by atoms with Crippen LogP contribution in [0.4, 0.5) is 0 Å². The molecule has 0 aliphatic rings. The van der Waals surface area contributed by atoms with E-state index in [9.17, 15) is 9.13 Å². The first kappa shape index (κ1) is 48.0. The predicted molar refractivity (Wildman–Crippen MR) is 268 cm³/mol. The third kappa shape index (κ3) is 13.0. The van der Waals surface area contributed by atoms with E-state index in [1.54, 1.807) is 0 Å². The highest BCUT2D eigenvalue weighted by Crippen LogP contribution is 2.51. The molecule has 0 aromatic heterocycles. The molecule has 0 spiro atoms. The monoisotopic (exact) mass is 896 g/mol. The van der Waals surface area contributed by atoms with Crippen LogP contribution in [0.15, 0.2) is 243 Å². The van der Waals surface area contributed by atoms with Crippen molar-refractivity contribution in [2.45, 2.75) is 0 Å². The second-order valence-electron chi connectivity index (χ2n) is 13.9. The van der Waals surface area contributed by atoms with E-state index >= 15 is 0 Å². The Kier molecular flexibility index (Phi) is 19.9. The molecule has 0 saturated carbocycles. The summed E-state index contributed by atoms with van der Waals surface area (Å²) in [7, 11) is -6.56. The van der Waals surface area contributed by atoms with Gasteiger partial charge >= 0.3 is 0 Å². The average Bonchev–Trinajstić information content (AvgIpc) is 3.38. The van der Waals surface area contributed by atoms with Gasteiger partial charge in [-0.3, -0.25) is 21.0 Å². The zero-order valence-electron chi connectivity index (χ0n) is 34.3. The summed E-state index contributed by atoms with van der Waals surface area (Å²) >= 11 is 0. The summed E-state index contributed by atoms with van der Waals surface area (Å²) in [4.78, 5) is 0. The van der Waals surface area contributed by atoms with Gasteiger partial charge in [0.1, 0.15) is 14.3 Å². The van der Waals surface area contributed by atoms with Crippen molar-refractivity contribution in [3.05, 3.63) is 243 Å². The minimum atomic E-state index is -2.93. The van der Waals surface area contributed by atoms with Crippen LogP contribution < -0.4 is 42.4 Å². The Hall–Kier alpha value is -5.08. The normalized spacial score (nSPS) is 10.9. The number of benzene rings is 8. The van der Waals surface area contributed by atoms with Gasteiger partial charge in [0.05, 0.1) is 0 Å². The first-order valence-electron chi connectivity index (χ1n) is 20.1. The van der Waals surface area contributed by atoms with E-state index in [0.717, 1.165) is 21.2 Å². The summed E-state index contributed by atoms with van der Waals surface area (Å²) in [6.45, 7) is 0. The molecule has 0 heterocycles. The van der Waals surface area contributed by atoms with Crippen molar-refractivity contribution in [3.8, 4) is 0 Å². The lowest BCUT2D eigenvalue weighted by atomic mass is 10.4. The molecule has 0 aliphatic carbocycles. The molecule has 8 aromatic rings. The van der Waals surface area contributed by atoms with Crippen LogP contribution in [0.1, 0.15) is 0 Å². The Morgan fingerprint density at radius 3 is 0.613 bits per heavy atom. The molecule has 0 unspecified atom stereocenters. The first-order chi connectivity index (χ1) is 30.5. The molecule has 0 radical (unpaired) electrons. The van der Waals surface area contributed by atoms with E-state index in [0.29, 0.717) is 12.3 Å². The molecule has 0 fully saturated rings. The van der Waals surface area contributed by atoms with Crippen molar-refractivity contribution in [3.63, 3.8) is 0 Å². The molecule has 8 rings (SSSR count).